The SMILES string of the molecule is CNS(=O)(=O)c1cccc(C(=O)NCc2ccc(N3CCN(C)CC3)cc2)c1. The Bertz CT molecular complexity index is 921. The van der Waals surface area contributed by atoms with E-state index in [4.69, 9.17) is 0 Å². The van der Waals surface area contributed by atoms with Crippen LogP contribution in [0.25, 0.3) is 0 Å². The van der Waals surface area contributed by atoms with Crippen LogP contribution in [0.15, 0.2) is 53.4 Å². The van der Waals surface area contributed by atoms with Crippen molar-refractivity contribution in [1.29, 1.82) is 0 Å². The van der Waals surface area contributed by atoms with E-state index < -0.39 is 10.0 Å². The summed E-state index contributed by atoms with van der Waals surface area (Å²) < 4.78 is 26.0. The molecule has 3 rings (SSSR count). The van der Waals surface area contributed by atoms with E-state index in [1.807, 2.05) is 12.1 Å². The Kier molecular flexibility index (Phi) is 6.33. The van der Waals surface area contributed by atoms with Crippen LogP contribution in [0.5, 0.6) is 0 Å². The fourth-order valence-electron chi connectivity index (χ4n) is 3.10. The number of sulfonamides is 1. The molecule has 0 saturated carbocycles. The molecule has 1 heterocycles. The Morgan fingerprint density at radius 3 is 2.36 bits per heavy atom. The molecule has 28 heavy (non-hydrogen) atoms. The van der Waals surface area contributed by atoms with Crippen LogP contribution >= 0.6 is 0 Å². The predicted octanol–water partition coefficient (Wildman–Crippen LogP) is 1.28. The number of nitrogens with zero attached hydrogens (tertiary/aromatic N) is 2. The molecule has 0 unspecified atom stereocenters. The van der Waals surface area contributed by atoms with Crippen molar-refractivity contribution >= 4 is 21.6 Å². The Hall–Kier alpha value is -2.42. The topological polar surface area (TPSA) is 81.7 Å². The molecule has 8 heteroatoms. The van der Waals surface area contributed by atoms with Crippen molar-refractivity contribution in [2.75, 3.05) is 45.2 Å². The van der Waals surface area contributed by atoms with Gasteiger partial charge in [-0.2, -0.15) is 0 Å². The summed E-state index contributed by atoms with van der Waals surface area (Å²) >= 11 is 0. The van der Waals surface area contributed by atoms with E-state index >= 15 is 0 Å². The van der Waals surface area contributed by atoms with Crippen molar-refractivity contribution in [3.8, 4) is 0 Å². The second-order valence-electron chi connectivity index (χ2n) is 6.87. The third kappa shape index (κ3) is 4.89. The van der Waals surface area contributed by atoms with Gasteiger partial charge in [-0.25, -0.2) is 13.1 Å². The van der Waals surface area contributed by atoms with Crippen molar-refractivity contribution in [3.63, 3.8) is 0 Å². The maximum atomic E-state index is 12.4. The third-order valence-electron chi connectivity index (χ3n) is 4.93. The molecule has 0 aromatic heterocycles. The zero-order chi connectivity index (χ0) is 20.1. The number of hydrogen-bond donors (Lipinski definition) is 2. The molecule has 7 nitrogen and oxygen atoms in total. The van der Waals surface area contributed by atoms with Gasteiger partial charge in [0.15, 0.2) is 0 Å². The number of piperazine rings is 1. The number of likely N-dealkylation sites (N-methyl/N-ethyl adjacent to an activating group) is 1. The summed E-state index contributed by atoms with van der Waals surface area (Å²) in [6, 6.07) is 14.2. The minimum atomic E-state index is -3.58. The highest BCUT2D eigenvalue weighted by Crippen LogP contribution is 2.17. The Morgan fingerprint density at radius 1 is 1.04 bits per heavy atom. The van der Waals surface area contributed by atoms with E-state index in [-0.39, 0.29) is 10.8 Å². The van der Waals surface area contributed by atoms with Gasteiger partial charge in [-0.1, -0.05) is 18.2 Å². The number of hydrogen-bond acceptors (Lipinski definition) is 5. The van der Waals surface area contributed by atoms with Gasteiger partial charge >= 0.3 is 0 Å². The Balaban J connectivity index is 1.60. The molecule has 0 atom stereocenters. The van der Waals surface area contributed by atoms with E-state index in [1.54, 1.807) is 12.1 Å². The largest absolute Gasteiger partial charge is 0.369 e. The van der Waals surface area contributed by atoms with Crippen molar-refractivity contribution in [1.82, 2.24) is 14.9 Å². The van der Waals surface area contributed by atoms with Crippen molar-refractivity contribution in [2.45, 2.75) is 11.4 Å². The zero-order valence-electron chi connectivity index (χ0n) is 16.2. The highest BCUT2D eigenvalue weighted by molar-refractivity contribution is 7.89. The molecule has 0 bridgehead atoms. The minimum absolute atomic E-state index is 0.0687. The molecule has 2 aromatic rings. The summed E-state index contributed by atoms with van der Waals surface area (Å²) in [6.07, 6.45) is 0. The van der Waals surface area contributed by atoms with Crippen molar-refractivity contribution in [2.24, 2.45) is 0 Å². The van der Waals surface area contributed by atoms with Gasteiger partial charge in [-0.05, 0) is 50.0 Å². The van der Waals surface area contributed by atoms with Gasteiger partial charge in [0, 0.05) is 44.0 Å². The van der Waals surface area contributed by atoms with Gasteiger partial charge in [0.1, 0.15) is 0 Å². The summed E-state index contributed by atoms with van der Waals surface area (Å²) in [7, 11) is -0.105. The Morgan fingerprint density at radius 2 is 1.71 bits per heavy atom. The average Bonchev–Trinajstić information content (AvgIpc) is 2.73. The highest BCUT2D eigenvalue weighted by atomic mass is 32.2. The lowest BCUT2D eigenvalue weighted by Crippen LogP contribution is -2.44. The van der Waals surface area contributed by atoms with E-state index in [0.717, 1.165) is 31.7 Å². The van der Waals surface area contributed by atoms with Crippen LogP contribution < -0.4 is 14.9 Å². The number of carbonyl (C=O) groups is 1. The molecule has 0 spiro atoms. The molecule has 1 aliphatic heterocycles. The molecule has 1 amide bonds. The van der Waals surface area contributed by atoms with Gasteiger partial charge in [0.2, 0.25) is 10.0 Å². The van der Waals surface area contributed by atoms with Gasteiger partial charge in [-0.15, -0.1) is 0 Å². The summed E-state index contributed by atoms with van der Waals surface area (Å²) in [5.74, 6) is -0.309. The normalized spacial score (nSPS) is 15.4. The molecule has 150 valence electrons. The second kappa shape index (κ2) is 8.72. The smallest absolute Gasteiger partial charge is 0.251 e. The molecule has 0 aliphatic carbocycles. The zero-order valence-corrected chi connectivity index (χ0v) is 17.0. The summed E-state index contributed by atoms with van der Waals surface area (Å²) in [6.45, 7) is 4.52. The van der Waals surface area contributed by atoms with Crippen LogP contribution in [0.1, 0.15) is 15.9 Å². The van der Waals surface area contributed by atoms with E-state index in [9.17, 15) is 13.2 Å². The van der Waals surface area contributed by atoms with Gasteiger partial charge < -0.3 is 15.1 Å². The van der Waals surface area contributed by atoms with Crippen molar-refractivity contribution in [3.05, 3.63) is 59.7 Å². The Labute approximate surface area is 166 Å². The molecule has 1 saturated heterocycles. The predicted molar refractivity (Wildman–Crippen MR) is 110 cm³/mol. The van der Waals surface area contributed by atoms with Crippen LogP contribution in [-0.4, -0.2) is 59.5 Å². The number of carbonyl (C=O) groups excluding carboxylic acids is 1. The van der Waals surface area contributed by atoms with E-state index in [1.165, 1.54) is 24.9 Å². The first-order chi connectivity index (χ1) is 13.4. The summed E-state index contributed by atoms with van der Waals surface area (Å²) in [5, 5.41) is 2.84. The van der Waals surface area contributed by atoms with Gasteiger partial charge in [0.05, 0.1) is 4.90 Å². The molecule has 0 radical (unpaired) electrons. The summed E-state index contributed by atoms with van der Waals surface area (Å²) in [4.78, 5) is 17.1. The molecular weight excluding hydrogens is 376 g/mol. The number of rotatable bonds is 6. The average molecular weight is 403 g/mol. The number of nitrogens with one attached hydrogen (secondary N) is 2. The first-order valence-corrected chi connectivity index (χ1v) is 10.7. The van der Waals surface area contributed by atoms with Gasteiger partial charge in [0.25, 0.3) is 5.91 Å². The monoisotopic (exact) mass is 402 g/mol. The quantitative estimate of drug-likeness (QED) is 0.761. The van der Waals surface area contributed by atoms with Crippen LogP contribution in [0.2, 0.25) is 0 Å². The minimum Gasteiger partial charge on any atom is -0.369 e. The lowest BCUT2D eigenvalue weighted by atomic mass is 10.1. The number of benzene rings is 2. The second-order valence-corrected chi connectivity index (χ2v) is 8.76. The van der Waals surface area contributed by atoms with Crippen LogP contribution in [0.4, 0.5) is 5.69 Å². The lowest BCUT2D eigenvalue weighted by Gasteiger charge is -2.34. The standard InChI is InChI=1S/C20H26N4O3S/c1-21-28(26,27)19-5-3-4-17(14-19)20(25)22-15-16-6-8-18(9-7-16)24-12-10-23(2)11-13-24/h3-9,14,21H,10-13,15H2,1-2H3,(H,22,25). The van der Waals surface area contributed by atoms with Crippen LogP contribution in [0, 0.1) is 0 Å². The molecule has 2 N–H and O–H groups in total. The van der Waals surface area contributed by atoms with E-state index in [2.05, 4.69) is 39.0 Å². The number of anilines is 1. The number of amides is 1. The van der Waals surface area contributed by atoms with Crippen LogP contribution in [-0.2, 0) is 16.6 Å². The first kappa shape index (κ1) is 20.3. The molecule has 2 aromatic carbocycles. The highest BCUT2D eigenvalue weighted by Gasteiger charge is 2.15. The lowest BCUT2D eigenvalue weighted by molar-refractivity contribution is 0.0950. The van der Waals surface area contributed by atoms with Crippen LogP contribution in [0.3, 0.4) is 0 Å². The fraction of sp³-hybridized carbons (Fsp3) is 0.350. The first-order valence-electron chi connectivity index (χ1n) is 9.23. The van der Waals surface area contributed by atoms with E-state index in [0.29, 0.717) is 12.1 Å². The third-order valence-corrected chi connectivity index (χ3v) is 6.35. The molecule has 1 fully saturated rings. The summed E-state index contributed by atoms with van der Waals surface area (Å²) in [5.41, 5.74) is 2.49. The van der Waals surface area contributed by atoms with Gasteiger partial charge in [-0.3, -0.25) is 4.79 Å². The van der Waals surface area contributed by atoms with Crippen molar-refractivity contribution < 1.29 is 13.2 Å². The molecule has 1 aliphatic rings. The molecular formula is C20H26N4O3S. The maximum absolute atomic E-state index is 12.4. The fourth-order valence-corrected chi connectivity index (χ4v) is 3.87. The maximum Gasteiger partial charge on any atom is 0.251 e.